The van der Waals surface area contributed by atoms with Gasteiger partial charge in [0.25, 0.3) is 0 Å². The molecule has 0 radical (unpaired) electrons. The number of hydrogen-bond donors (Lipinski definition) is 2. The van der Waals surface area contributed by atoms with Gasteiger partial charge < -0.3 is 9.80 Å². The number of rotatable bonds is 7. The maximum atomic E-state index is 12.9. The SMILES string of the molecule is Cc1ccc(S(=O)(=O)NCC(c2cccnc2)[NH+]2CCN(c3ccccc3)CC2)cc1. The third kappa shape index (κ3) is 5.31. The highest BCUT2D eigenvalue weighted by atomic mass is 32.2. The van der Waals surface area contributed by atoms with Crippen molar-refractivity contribution >= 4 is 15.7 Å². The Labute approximate surface area is 184 Å². The molecule has 1 aliphatic rings. The summed E-state index contributed by atoms with van der Waals surface area (Å²) >= 11 is 0. The predicted molar refractivity (Wildman–Crippen MR) is 123 cm³/mol. The number of nitrogens with zero attached hydrogens (tertiary/aromatic N) is 2. The lowest BCUT2D eigenvalue weighted by molar-refractivity contribution is -0.930. The zero-order valence-corrected chi connectivity index (χ0v) is 18.6. The number of pyridine rings is 1. The first kappa shape index (κ1) is 21.5. The van der Waals surface area contributed by atoms with E-state index in [2.05, 4.69) is 38.9 Å². The molecule has 7 heteroatoms. The molecule has 1 saturated heterocycles. The summed E-state index contributed by atoms with van der Waals surface area (Å²) < 4.78 is 28.6. The van der Waals surface area contributed by atoms with Crippen LogP contribution in [0.5, 0.6) is 0 Å². The number of anilines is 1. The number of sulfonamides is 1. The molecule has 162 valence electrons. The standard InChI is InChI=1S/C24H28N4O2S/c1-20-9-11-23(12-10-20)31(29,30)26-19-24(21-6-5-13-25-18-21)28-16-14-27(15-17-28)22-7-3-2-4-8-22/h2-13,18,24,26H,14-17,19H2,1H3/p+1. The van der Waals surface area contributed by atoms with Crippen LogP contribution in [0.3, 0.4) is 0 Å². The van der Waals surface area contributed by atoms with Crippen molar-refractivity contribution in [2.75, 3.05) is 37.6 Å². The lowest BCUT2D eigenvalue weighted by atomic mass is 10.1. The van der Waals surface area contributed by atoms with Gasteiger partial charge in [-0.15, -0.1) is 0 Å². The van der Waals surface area contributed by atoms with Crippen LogP contribution in [-0.2, 0) is 10.0 Å². The van der Waals surface area contributed by atoms with Gasteiger partial charge in [-0.2, -0.15) is 0 Å². The fourth-order valence-electron chi connectivity index (χ4n) is 4.11. The van der Waals surface area contributed by atoms with E-state index in [0.29, 0.717) is 11.4 Å². The number of nitrogens with one attached hydrogen (secondary N) is 2. The average molecular weight is 438 g/mol. The maximum Gasteiger partial charge on any atom is 0.240 e. The van der Waals surface area contributed by atoms with Crippen molar-refractivity contribution in [2.24, 2.45) is 0 Å². The molecule has 0 bridgehead atoms. The summed E-state index contributed by atoms with van der Waals surface area (Å²) in [5, 5.41) is 0. The van der Waals surface area contributed by atoms with E-state index in [9.17, 15) is 8.42 Å². The lowest BCUT2D eigenvalue weighted by Crippen LogP contribution is -3.15. The van der Waals surface area contributed by atoms with Crippen LogP contribution < -0.4 is 14.5 Å². The van der Waals surface area contributed by atoms with E-state index < -0.39 is 10.0 Å². The van der Waals surface area contributed by atoms with Gasteiger partial charge >= 0.3 is 0 Å². The number of hydrogen-bond acceptors (Lipinski definition) is 4. The van der Waals surface area contributed by atoms with Crippen molar-refractivity contribution in [1.82, 2.24) is 9.71 Å². The van der Waals surface area contributed by atoms with Gasteiger partial charge in [-0.05, 0) is 43.3 Å². The Bertz CT molecular complexity index is 1070. The molecule has 6 nitrogen and oxygen atoms in total. The van der Waals surface area contributed by atoms with Gasteiger partial charge in [-0.3, -0.25) is 4.98 Å². The summed E-state index contributed by atoms with van der Waals surface area (Å²) in [6.07, 6.45) is 3.60. The lowest BCUT2D eigenvalue weighted by Gasteiger charge is -2.37. The van der Waals surface area contributed by atoms with Gasteiger partial charge in [-0.25, -0.2) is 13.1 Å². The molecule has 1 atom stereocenters. The number of quaternary nitrogens is 1. The Morgan fingerprint density at radius 2 is 1.71 bits per heavy atom. The molecule has 1 aliphatic heterocycles. The molecule has 0 aliphatic carbocycles. The summed E-state index contributed by atoms with van der Waals surface area (Å²) in [6, 6.07) is 21.3. The van der Waals surface area contributed by atoms with Crippen molar-refractivity contribution in [1.29, 1.82) is 0 Å². The van der Waals surface area contributed by atoms with E-state index >= 15 is 0 Å². The van der Waals surface area contributed by atoms with Crippen LogP contribution in [0.2, 0.25) is 0 Å². The molecular weight excluding hydrogens is 408 g/mol. The Morgan fingerprint density at radius 3 is 2.35 bits per heavy atom. The topological polar surface area (TPSA) is 66.7 Å². The Balaban J connectivity index is 1.47. The van der Waals surface area contributed by atoms with Crippen molar-refractivity contribution < 1.29 is 13.3 Å². The summed E-state index contributed by atoms with van der Waals surface area (Å²) in [4.78, 5) is 8.33. The number of para-hydroxylation sites is 1. The van der Waals surface area contributed by atoms with E-state index in [0.717, 1.165) is 37.3 Å². The van der Waals surface area contributed by atoms with Crippen LogP contribution in [0, 0.1) is 6.92 Å². The van der Waals surface area contributed by atoms with Crippen LogP contribution in [0.25, 0.3) is 0 Å². The van der Waals surface area contributed by atoms with Crippen LogP contribution >= 0.6 is 0 Å². The van der Waals surface area contributed by atoms with Gasteiger partial charge in [0.05, 0.1) is 37.6 Å². The highest BCUT2D eigenvalue weighted by Gasteiger charge is 2.30. The minimum absolute atomic E-state index is 0.00634. The molecule has 2 N–H and O–H groups in total. The number of benzene rings is 2. The molecule has 0 amide bonds. The Kier molecular flexibility index (Phi) is 6.65. The highest BCUT2D eigenvalue weighted by Crippen LogP contribution is 2.15. The molecule has 2 heterocycles. The second kappa shape index (κ2) is 9.60. The van der Waals surface area contributed by atoms with E-state index in [1.807, 2.05) is 43.5 Å². The summed E-state index contributed by atoms with van der Waals surface area (Å²) in [5.74, 6) is 0. The first-order valence-corrected chi connectivity index (χ1v) is 12.1. The largest absolute Gasteiger partial charge is 0.360 e. The second-order valence-corrected chi connectivity index (χ2v) is 9.75. The monoisotopic (exact) mass is 437 g/mol. The van der Waals surface area contributed by atoms with Crippen LogP contribution in [0.1, 0.15) is 17.2 Å². The third-order valence-corrected chi connectivity index (χ3v) is 7.35. The summed E-state index contributed by atoms with van der Waals surface area (Å²) in [5.41, 5.74) is 3.32. The van der Waals surface area contributed by atoms with Gasteiger partial charge in [0.15, 0.2) is 0 Å². The Hall–Kier alpha value is -2.74. The molecule has 1 unspecified atom stereocenters. The number of aryl methyl sites for hydroxylation is 1. The van der Waals surface area contributed by atoms with Crippen molar-refractivity contribution in [3.05, 3.63) is 90.3 Å². The first-order valence-electron chi connectivity index (χ1n) is 10.6. The highest BCUT2D eigenvalue weighted by molar-refractivity contribution is 7.89. The smallest absolute Gasteiger partial charge is 0.240 e. The fourth-order valence-corrected chi connectivity index (χ4v) is 5.16. The minimum Gasteiger partial charge on any atom is -0.360 e. The van der Waals surface area contributed by atoms with Crippen molar-refractivity contribution in [3.8, 4) is 0 Å². The average Bonchev–Trinajstić information content (AvgIpc) is 2.81. The van der Waals surface area contributed by atoms with Crippen LogP contribution in [-0.4, -0.2) is 46.1 Å². The minimum atomic E-state index is -3.57. The van der Waals surface area contributed by atoms with Gasteiger partial charge in [0.2, 0.25) is 10.0 Å². The van der Waals surface area contributed by atoms with E-state index in [-0.39, 0.29) is 6.04 Å². The zero-order chi connectivity index (χ0) is 21.7. The van der Waals surface area contributed by atoms with E-state index in [1.165, 1.54) is 10.6 Å². The fraction of sp³-hybridized carbons (Fsp3) is 0.292. The molecule has 1 fully saturated rings. The second-order valence-electron chi connectivity index (χ2n) is 7.98. The summed E-state index contributed by atoms with van der Waals surface area (Å²) in [6.45, 7) is 6.01. The predicted octanol–water partition coefficient (Wildman–Crippen LogP) is 1.81. The molecule has 1 aromatic heterocycles. The van der Waals surface area contributed by atoms with Crippen LogP contribution in [0.15, 0.2) is 84.0 Å². The summed E-state index contributed by atoms with van der Waals surface area (Å²) in [7, 11) is -3.57. The van der Waals surface area contributed by atoms with Crippen molar-refractivity contribution in [2.45, 2.75) is 17.9 Å². The number of piperazine rings is 1. The molecular formula is C24H29N4O2S+. The van der Waals surface area contributed by atoms with Gasteiger partial charge in [0, 0.05) is 23.6 Å². The van der Waals surface area contributed by atoms with E-state index in [1.54, 1.807) is 18.3 Å². The molecule has 2 aromatic carbocycles. The van der Waals surface area contributed by atoms with Crippen LogP contribution in [0.4, 0.5) is 5.69 Å². The van der Waals surface area contributed by atoms with Gasteiger partial charge in [0.1, 0.15) is 6.04 Å². The van der Waals surface area contributed by atoms with Gasteiger partial charge in [-0.1, -0.05) is 35.9 Å². The normalized spacial score (nSPS) is 16.2. The molecule has 4 rings (SSSR count). The first-order chi connectivity index (χ1) is 15.0. The Morgan fingerprint density at radius 1 is 1.00 bits per heavy atom. The quantitative estimate of drug-likeness (QED) is 0.592. The van der Waals surface area contributed by atoms with E-state index in [4.69, 9.17) is 0 Å². The number of aromatic nitrogens is 1. The maximum absolute atomic E-state index is 12.9. The molecule has 3 aromatic rings. The molecule has 31 heavy (non-hydrogen) atoms. The zero-order valence-electron chi connectivity index (χ0n) is 17.7. The third-order valence-electron chi connectivity index (χ3n) is 5.92. The molecule has 0 saturated carbocycles. The van der Waals surface area contributed by atoms with Crippen molar-refractivity contribution in [3.63, 3.8) is 0 Å². The molecule has 0 spiro atoms.